The lowest BCUT2D eigenvalue weighted by Gasteiger charge is -2.36. The van der Waals surface area contributed by atoms with E-state index < -0.39 is 21.1 Å². The zero-order valence-corrected chi connectivity index (χ0v) is 23.5. The normalized spacial score (nSPS) is 15.8. The Morgan fingerprint density at radius 1 is 1.21 bits per heavy atom. The van der Waals surface area contributed by atoms with Crippen molar-refractivity contribution in [3.05, 3.63) is 36.5 Å². The number of halogens is 1. The predicted octanol–water partition coefficient (Wildman–Crippen LogP) is 3.79. The summed E-state index contributed by atoms with van der Waals surface area (Å²) in [5.74, 6) is 0.120. The summed E-state index contributed by atoms with van der Waals surface area (Å²) in [5, 5.41) is 6.79. The van der Waals surface area contributed by atoms with Crippen LogP contribution in [0.25, 0.3) is 16.7 Å². The van der Waals surface area contributed by atoms with E-state index in [1.165, 1.54) is 23.1 Å². The maximum Gasteiger partial charge on any atom is 0.330 e. The zero-order chi connectivity index (χ0) is 27.8. The largest absolute Gasteiger partial charge is 0.367 e. The van der Waals surface area contributed by atoms with E-state index in [0.717, 1.165) is 31.7 Å². The van der Waals surface area contributed by atoms with Gasteiger partial charge in [-0.3, -0.25) is 0 Å². The van der Waals surface area contributed by atoms with Gasteiger partial charge in [-0.15, -0.1) is 5.06 Å². The first-order valence-electron chi connectivity index (χ1n) is 12.7. The molecule has 4 rings (SSSR count). The van der Waals surface area contributed by atoms with Gasteiger partial charge >= 0.3 is 5.97 Å². The van der Waals surface area contributed by atoms with Crippen LogP contribution in [0.1, 0.15) is 47.5 Å². The molecule has 3 heterocycles. The highest BCUT2D eigenvalue weighted by atomic mass is 32.2. The Labute approximate surface area is 222 Å². The van der Waals surface area contributed by atoms with E-state index in [-0.39, 0.29) is 22.6 Å². The van der Waals surface area contributed by atoms with Crippen molar-refractivity contribution >= 4 is 32.7 Å². The molecule has 1 aliphatic rings. The molecule has 38 heavy (non-hydrogen) atoms. The molecule has 0 atom stereocenters. The van der Waals surface area contributed by atoms with Gasteiger partial charge in [0.15, 0.2) is 15.5 Å². The van der Waals surface area contributed by atoms with Crippen LogP contribution in [0, 0.1) is 17.2 Å². The second-order valence-corrected chi connectivity index (χ2v) is 13.1. The number of rotatable bonds is 7. The molecule has 0 N–H and O–H groups in total. The molecule has 3 aromatic rings. The minimum atomic E-state index is -3.54. The molecule has 12 heteroatoms. The van der Waals surface area contributed by atoms with E-state index in [2.05, 4.69) is 33.8 Å². The van der Waals surface area contributed by atoms with E-state index in [0.29, 0.717) is 35.9 Å². The quantitative estimate of drug-likeness (QED) is 0.437. The molecule has 2 aromatic heterocycles. The van der Waals surface area contributed by atoms with E-state index in [4.69, 9.17) is 4.84 Å². The van der Waals surface area contributed by atoms with Crippen LogP contribution in [0.2, 0.25) is 0 Å². The standard InChI is InChI=1S/C26H35FN6O4S/c1-17(2)32(15-18-9-11-31(12-10-18)37-25(34)26(3,4)5)23-20-14-30-33(24(20)29-16-28-23)22-8-7-19(13-21(22)27)38(6,35)36/h7-8,13-14,16-18H,9-12,15H2,1-6H3. The van der Waals surface area contributed by atoms with Crippen LogP contribution >= 0.6 is 0 Å². The molecule has 1 saturated heterocycles. The fraction of sp³-hybridized carbons (Fsp3) is 0.538. The maximum absolute atomic E-state index is 14.9. The number of sulfone groups is 1. The summed E-state index contributed by atoms with van der Waals surface area (Å²) in [4.78, 5) is 28.8. The lowest BCUT2D eigenvalue weighted by molar-refractivity contribution is -0.205. The zero-order valence-electron chi connectivity index (χ0n) is 22.7. The van der Waals surface area contributed by atoms with Crippen LogP contribution < -0.4 is 4.90 Å². The summed E-state index contributed by atoms with van der Waals surface area (Å²) < 4.78 is 39.9. The third-order valence-electron chi connectivity index (χ3n) is 6.67. The summed E-state index contributed by atoms with van der Waals surface area (Å²) >= 11 is 0. The van der Waals surface area contributed by atoms with Gasteiger partial charge in [0.05, 0.1) is 21.9 Å². The number of carbonyl (C=O) groups excluding carboxylic acids is 1. The fourth-order valence-corrected chi connectivity index (χ4v) is 5.02. The Morgan fingerprint density at radius 3 is 2.47 bits per heavy atom. The first-order chi connectivity index (χ1) is 17.8. The second-order valence-electron chi connectivity index (χ2n) is 11.1. The minimum absolute atomic E-state index is 0.101. The van der Waals surface area contributed by atoms with E-state index in [9.17, 15) is 17.6 Å². The number of carbonyl (C=O) groups is 1. The maximum atomic E-state index is 14.9. The molecule has 0 aliphatic carbocycles. The van der Waals surface area contributed by atoms with Crippen LogP contribution in [0.3, 0.4) is 0 Å². The monoisotopic (exact) mass is 546 g/mol. The molecule has 0 spiro atoms. The van der Waals surface area contributed by atoms with Gasteiger partial charge in [-0.25, -0.2) is 32.3 Å². The molecule has 206 valence electrons. The minimum Gasteiger partial charge on any atom is -0.367 e. The number of fused-ring (bicyclic) bond motifs is 1. The first kappa shape index (κ1) is 27.9. The third kappa shape index (κ3) is 5.96. The summed E-state index contributed by atoms with van der Waals surface area (Å²) in [6, 6.07) is 3.86. The van der Waals surface area contributed by atoms with Gasteiger partial charge in [-0.2, -0.15) is 5.10 Å². The van der Waals surface area contributed by atoms with Crippen LogP contribution in [-0.4, -0.2) is 71.1 Å². The highest BCUT2D eigenvalue weighted by Crippen LogP contribution is 2.30. The topological polar surface area (TPSA) is 111 Å². The van der Waals surface area contributed by atoms with Gasteiger partial charge < -0.3 is 9.74 Å². The number of nitrogens with zero attached hydrogens (tertiary/aromatic N) is 6. The van der Waals surface area contributed by atoms with Gasteiger partial charge in [0.2, 0.25) is 0 Å². The van der Waals surface area contributed by atoms with Crippen LogP contribution in [0.15, 0.2) is 35.6 Å². The molecule has 0 radical (unpaired) electrons. The Bertz CT molecular complexity index is 1430. The summed E-state index contributed by atoms with van der Waals surface area (Å²) in [6.07, 6.45) is 5.81. The van der Waals surface area contributed by atoms with E-state index in [1.54, 1.807) is 11.3 Å². The Balaban J connectivity index is 1.55. The number of aromatic nitrogens is 4. The lowest BCUT2D eigenvalue weighted by atomic mass is 9.96. The average molecular weight is 547 g/mol. The SMILES string of the molecule is CC(C)N(CC1CCN(OC(=O)C(C)(C)C)CC1)c1ncnc2c1cnn2-c1ccc(S(C)(=O)=O)cc1F. The van der Waals surface area contributed by atoms with Crippen molar-refractivity contribution in [2.75, 3.05) is 30.8 Å². The number of anilines is 1. The molecular formula is C26H35FN6O4S. The second kappa shape index (κ2) is 10.6. The number of hydrogen-bond acceptors (Lipinski definition) is 9. The molecule has 1 aliphatic heterocycles. The van der Waals surface area contributed by atoms with Gasteiger partial charge in [-0.1, -0.05) is 0 Å². The van der Waals surface area contributed by atoms with Crippen molar-refractivity contribution in [2.24, 2.45) is 11.3 Å². The van der Waals surface area contributed by atoms with Gasteiger partial charge in [0.1, 0.15) is 23.6 Å². The first-order valence-corrected chi connectivity index (χ1v) is 14.6. The molecule has 0 saturated carbocycles. The van der Waals surface area contributed by atoms with Gasteiger partial charge in [0, 0.05) is 31.9 Å². The summed E-state index contributed by atoms with van der Waals surface area (Å²) in [6.45, 7) is 11.8. The molecule has 0 amide bonds. The fourth-order valence-electron chi connectivity index (χ4n) is 4.38. The molecule has 0 bridgehead atoms. The van der Waals surface area contributed by atoms with Gasteiger partial charge in [0.25, 0.3) is 0 Å². The Morgan fingerprint density at radius 2 is 1.89 bits per heavy atom. The number of hydroxylamine groups is 2. The van der Waals surface area contributed by atoms with Crippen LogP contribution in [-0.2, 0) is 19.5 Å². The highest BCUT2D eigenvalue weighted by Gasteiger charge is 2.30. The molecule has 0 unspecified atom stereocenters. The van der Waals surface area contributed by atoms with Crippen molar-refractivity contribution < 1.29 is 22.4 Å². The molecule has 1 fully saturated rings. The highest BCUT2D eigenvalue weighted by molar-refractivity contribution is 7.90. The van der Waals surface area contributed by atoms with Crippen molar-refractivity contribution in [3.63, 3.8) is 0 Å². The molecule has 1 aromatic carbocycles. The van der Waals surface area contributed by atoms with E-state index in [1.807, 2.05) is 20.8 Å². The van der Waals surface area contributed by atoms with Crippen LogP contribution in [0.5, 0.6) is 0 Å². The molecular weight excluding hydrogens is 511 g/mol. The smallest absolute Gasteiger partial charge is 0.330 e. The number of benzene rings is 1. The Hall–Kier alpha value is -3.12. The number of hydrogen-bond donors (Lipinski definition) is 0. The van der Waals surface area contributed by atoms with Crippen molar-refractivity contribution in [2.45, 2.75) is 58.4 Å². The van der Waals surface area contributed by atoms with Crippen molar-refractivity contribution in [1.29, 1.82) is 0 Å². The predicted molar refractivity (Wildman–Crippen MR) is 142 cm³/mol. The van der Waals surface area contributed by atoms with Crippen molar-refractivity contribution in [3.8, 4) is 5.69 Å². The summed E-state index contributed by atoms with van der Waals surface area (Å²) in [7, 11) is -3.54. The summed E-state index contributed by atoms with van der Waals surface area (Å²) in [5.41, 5.74) is -0.0202. The number of piperidine rings is 1. The van der Waals surface area contributed by atoms with Crippen molar-refractivity contribution in [1.82, 2.24) is 24.8 Å². The van der Waals surface area contributed by atoms with Crippen LogP contribution in [0.4, 0.5) is 10.2 Å². The van der Waals surface area contributed by atoms with Gasteiger partial charge in [-0.05, 0) is 71.6 Å². The average Bonchev–Trinajstić information content (AvgIpc) is 3.26. The third-order valence-corrected chi connectivity index (χ3v) is 7.78. The Kier molecular flexibility index (Phi) is 7.76. The van der Waals surface area contributed by atoms with E-state index >= 15 is 0 Å². The lowest BCUT2D eigenvalue weighted by Crippen LogP contribution is -2.43. The molecule has 10 nitrogen and oxygen atoms in total.